The van der Waals surface area contributed by atoms with Gasteiger partial charge in [0.05, 0.1) is 0 Å². The average molecular weight is 359 g/mol. The number of rotatable bonds is 4. The van der Waals surface area contributed by atoms with E-state index in [9.17, 15) is 4.79 Å². The molecule has 0 aliphatic carbocycles. The molecular weight excluding hydrogens is 342 g/mol. The van der Waals surface area contributed by atoms with Crippen LogP contribution in [0.3, 0.4) is 0 Å². The summed E-state index contributed by atoms with van der Waals surface area (Å²) in [7, 11) is 0. The van der Waals surface area contributed by atoms with E-state index in [-0.39, 0.29) is 5.91 Å². The number of hydrogen-bond donors (Lipinski definition) is 1. The number of benzene rings is 2. The maximum Gasteiger partial charge on any atom is 0.256 e. The number of thioether (sulfide) groups is 1. The highest BCUT2D eigenvalue weighted by atomic mass is 32.2. The van der Waals surface area contributed by atoms with Gasteiger partial charge in [0.1, 0.15) is 17.2 Å². The predicted molar refractivity (Wildman–Crippen MR) is 107 cm³/mol. The van der Waals surface area contributed by atoms with Gasteiger partial charge in [0.15, 0.2) is 0 Å². The Kier molecular flexibility index (Phi) is 4.46. The molecule has 4 rings (SSSR count). The van der Waals surface area contributed by atoms with Gasteiger partial charge in [-0.3, -0.25) is 9.20 Å². The van der Waals surface area contributed by atoms with Gasteiger partial charge >= 0.3 is 0 Å². The zero-order chi connectivity index (χ0) is 17.9. The van der Waals surface area contributed by atoms with E-state index < -0.39 is 0 Å². The summed E-state index contributed by atoms with van der Waals surface area (Å²) in [6, 6.07) is 23.2. The zero-order valence-corrected chi connectivity index (χ0v) is 15.0. The number of carbonyl (C=O) groups excluding carboxylic acids is 1. The Morgan fingerprint density at radius 3 is 2.42 bits per heavy atom. The molecule has 4 aromatic rings. The largest absolute Gasteiger partial charge is 0.306 e. The number of hydrogen-bond acceptors (Lipinski definition) is 3. The first-order valence-electron chi connectivity index (χ1n) is 8.24. The fourth-order valence-corrected chi connectivity index (χ4v) is 3.24. The van der Waals surface area contributed by atoms with Crippen LogP contribution in [0.4, 0.5) is 5.82 Å². The van der Waals surface area contributed by atoms with E-state index in [1.54, 1.807) is 11.8 Å². The SMILES string of the molecule is CSc1ccc(C(=O)Nc2c(-c3ccccc3)nc3ccccn23)cc1. The molecule has 0 atom stereocenters. The van der Waals surface area contributed by atoms with Crippen LogP contribution in [0.15, 0.2) is 83.9 Å². The molecule has 2 aromatic carbocycles. The van der Waals surface area contributed by atoms with Crippen LogP contribution in [-0.2, 0) is 0 Å². The first kappa shape index (κ1) is 16.4. The molecule has 0 bridgehead atoms. The van der Waals surface area contributed by atoms with Gasteiger partial charge in [-0.1, -0.05) is 36.4 Å². The number of nitrogens with one attached hydrogen (secondary N) is 1. The van der Waals surface area contributed by atoms with Crippen LogP contribution >= 0.6 is 11.8 Å². The van der Waals surface area contributed by atoms with E-state index in [1.165, 1.54) is 0 Å². The first-order valence-corrected chi connectivity index (χ1v) is 9.46. The standard InChI is InChI=1S/C21H17N3OS/c1-26-17-12-10-16(11-13-17)21(25)23-20-19(15-7-3-2-4-8-15)22-18-9-5-6-14-24(18)20/h2-14H,1H3,(H,23,25). The van der Waals surface area contributed by atoms with Crippen molar-refractivity contribution < 1.29 is 4.79 Å². The Bertz CT molecular complexity index is 1060. The molecule has 0 radical (unpaired) electrons. The topological polar surface area (TPSA) is 46.4 Å². The molecule has 1 amide bonds. The maximum atomic E-state index is 12.8. The molecule has 1 N–H and O–H groups in total. The van der Waals surface area contributed by atoms with Crippen molar-refractivity contribution in [2.24, 2.45) is 0 Å². The minimum absolute atomic E-state index is 0.152. The minimum atomic E-state index is -0.152. The lowest BCUT2D eigenvalue weighted by atomic mass is 10.1. The summed E-state index contributed by atoms with van der Waals surface area (Å²) in [5.41, 5.74) is 3.13. The molecule has 0 aliphatic heterocycles. The van der Waals surface area contributed by atoms with Gasteiger partial charge < -0.3 is 5.32 Å². The average Bonchev–Trinajstić information content (AvgIpc) is 3.07. The summed E-state index contributed by atoms with van der Waals surface area (Å²) in [5, 5.41) is 3.04. The van der Waals surface area contributed by atoms with Gasteiger partial charge in [0.2, 0.25) is 0 Å². The lowest BCUT2D eigenvalue weighted by molar-refractivity contribution is 0.102. The van der Waals surface area contributed by atoms with Crippen LogP contribution in [0.25, 0.3) is 16.9 Å². The maximum absolute atomic E-state index is 12.8. The van der Waals surface area contributed by atoms with E-state index in [0.717, 1.165) is 21.8 Å². The summed E-state index contributed by atoms with van der Waals surface area (Å²) < 4.78 is 1.90. The van der Waals surface area contributed by atoms with Crippen molar-refractivity contribution in [2.75, 3.05) is 11.6 Å². The van der Waals surface area contributed by atoms with Crippen LogP contribution in [0, 0.1) is 0 Å². The van der Waals surface area contributed by atoms with Crippen LogP contribution in [0.5, 0.6) is 0 Å². The van der Waals surface area contributed by atoms with E-state index in [2.05, 4.69) is 5.32 Å². The van der Waals surface area contributed by atoms with Crippen molar-refractivity contribution in [3.8, 4) is 11.3 Å². The molecule has 128 valence electrons. The van der Waals surface area contributed by atoms with Gasteiger partial charge in [-0.15, -0.1) is 11.8 Å². The summed E-state index contributed by atoms with van der Waals surface area (Å²) >= 11 is 1.65. The molecule has 0 saturated heterocycles. The van der Waals surface area contributed by atoms with Crippen molar-refractivity contribution in [2.45, 2.75) is 4.90 Å². The summed E-state index contributed by atoms with van der Waals surface area (Å²) in [6.07, 6.45) is 3.92. The number of pyridine rings is 1. The second kappa shape index (κ2) is 7.06. The third kappa shape index (κ3) is 3.09. The van der Waals surface area contributed by atoms with Crippen LogP contribution in [0.2, 0.25) is 0 Å². The van der Waals surface area contributed by atoms with Gasteiger partial charge in [-0.25, -0.2) is 4.98 Å². The molecule has 0 fully saturated rings. The minimum Gasteiger partial charge on any atom is -0.306 e. The molecule has 0 saturated carbocycles. The number of carbonyl (C=O) groups is 1. The van der Waals surface area contributed by atoms with Crippen molar-refractivity contribution in [1.29, 1.82) is 0 Å². The third-order valence-electron chi connectivity index (χ3n) is 4.16. The normalized spacial score (nSPS) is 10.8. The Morgan fingerprint density at radius 2 is 1.69 bits per heavy atom. The van der Waals surface area contributed by atoms with Crippen molar-refractivity contribution in [3.05, 3.63) is 84.6 Å². The Balaban J connectivity index is 1.76. The molecule has 0 spiro atoms. The second-order valence-electron chi connectivity index (χ2n) is 5.79. The smallest absolute Gasteiger partial charge is 0.256 e. The molecule has 5 heteroatoms. The number of imidazole rings is 1. The third-order valence-corrected chi connectivity index (χ3v) is 4.90. The monoisotopic (exact) mass is 359 g/mol. The molecule has 2 aromatic heterocycles. The van der Waals surface area contributed by atoms with Crippen molar-refractivity contribution in [3.63, 3.8) is 0 Å². The lowest BCUT2D eigenvalue weighted by Gasteiger charge is -2.08. The molecule has 4 nitrogen and oxygen atoms in total. The summed E-state index contributed by atoms with van der Waals surface area (Å²) in [5.74, 6) is 0.520. The molecular formula is C21H17N3OS. The number of amides is 1. The Hall–Kier alpha value is -3.05. The fourth-order valence-electron chi connectivity index (χ4n) is 2.83. The lowest BCUT2D eigenvalue weighted by Crippen LogP contribution is -2.14. The Morgan fingerprint density at radius 1 is 0.962 bits per heavy atom. The van der Waals surface area contributed by atoms with Gasteiger partial charge in [0, 0.05) is 22.2 Å². The van der Waals surface area contributed by atoms with Gasteiger partial charge in [-0.05, 0) is 42.7 Å². The van der Waals surface area contributed by atoms with Crippen molar-refractivity contribution >= 4 is 29.1 Å². The van der Waals surface area contributed by atoms with Crippen molar-refractivity contribution in [1.82, 2.24) is 9.38 Å². The Labute approximate surface area is 155 Å². The van der Waals surface area contributed by atoms with E-state index >= 15 is 0 Å². The van der Waals surface area contributed by atoms with Gasteiger partial charge in [0.25, 0.3) is 5.91 Å². The number of aromatic nitrogens is 2. The summed E-state index contributed by atoms with van der Waals surface area (Å²) in [6.45, 7) is 0. The quantitative estimate of drug-likeness (QED) is 0.523. The van der Waals surface area contributed by atoms with E-state index in [4.69, 9.17) is 4.98 Å². The van der Waals surface area contributed by atoms with Crippen LogP contribution in [0.1, 0.15) is 10.4 Å². The highest BCUT2D eigenvalue weighted by Crippen LogP contribution is 2.29. The highest BCUT2D eigenvalue weighted by molar-refractivity contribution is 7.98. The number of anilines is 1. The molecule has 2 heterocycles. The van der Waals surface area contributed by atoms with E-state index in [1.807, 2.05) is 89.6 Å². The molecule has 0 aliphatic rings. The number of nitrogens with zero attached hydrogens (tertiary/aromatic N) is 2. The predicted octanol–water partition coefficient (Wildman–Crippen LogP) is 4.98. The van der Waals surface area contributed by atoms with E-state index in [0.29, 0.717) is 11.4 Å². The summed E-state index contributed by atoms with van der Waals surface area (Å²) in [4.78, 5) is 18.6. The van der Waals surface area contributed by atoms with Crippen LogP contribution < -0.4 is 5.32 Å². The first-order chi connectivity index (χ1) is 12.8. The highest BCUT2D eigenvalue weighted by Gasteiger charge is 2.17. The van der Waals surface area contributed by atoms with Crippen LogP contribution in [-0.4, -0.2) is 21.5 Å². The molecule has 0 unspecified atom stereocenters. The van der Waals surface area contributed by atoms with Gasteiger partial charge in [-0.2, -0.15) is 0 Å². The molecule has 26 heavy (non-hydrogen) atoms. The zero-order valence-electron chi connectivity index (χ0n) is 14.2. The second-order valence-corrected chi connectivity index (χ2v) is 6.67. The fraction of sp³-hybridized carbons (Fsp3) is 0.0476. The number of fused-ring (bicyclic) bond motifs is 1.